The van der Waals surface area contributed by atoms with Crippen molar-refractivity contribution in [2.75, 3.05) is 36.4 Å². The Balaban J connectivity index is 0.00000151. The maximum atomic E-state index is 14.9. The van der Waals surface area contributed by atoms with E-state index in [1.165, 1.54) is 22.3 Å². The van der Waals surface area contributed by atoms with Crippen LogP contribution >= 0.6 is 0 Å². The molecule has 39 heavy (non-hydrogen) atoms. The summed E-state index contributed by atoms with van der Waals surface area (Å²) in [4.78, 5) is 28.4. The van der Waals surface area contributed by atoms with Crippen LogP contribution in [0.3, 0.4) is 0 Å². The average molecular weight is 527 g/mol. The number of anilines is 3. The molecule has 4 aromatic rings. The summed E-state index contributed by atoms with van der Waals surface area (Å²) >= 11 is 0. The summed E-state index contributed by atoms with van der Waals surface area (Å²) in [7, 11) is 0. The number of halogens is 1. The van der Waals surface area contributed by atoms with Crippen LogP contribution in [-0.4, -0.2) is 45.7 Å². The zero-order valence-corrected chi connectivity index (χ0v) is 22.1. The van der Waals surface area contributed by atoms with Crippen LogP contribution in [0.25, 0.3) is 11.0 Å². The number of fused-ring (bicyclic) bond motifs is 1. The van der Waals surface area contributed by atoms with Gasteiger partial charge in [-0.25, -0.2) is 9.37 Å². The molecule has 0 spiro atoms. The minimum atomic E-state index is -0.420. The normalized spacial score (nSPS) is 14.9. The van der Waals surface area contributed by atoms with E-state index in [0.717, 1.165) is 44.6 Å². The SMILES string of the molecule is CC.N#Cc1cc2cnc(Nc3ccc(N4CCNCC4)c(F)c3)nc2n(Cc2cnccc2C2CC2)c1=O. The molecule has 0 atom stereocenters. The number of hydrogen-bond donors (Lipinski definition) is 2. The minimum absolute atomic E-state index is 0.0271. The van der Waals surface area contributed by atoms with E-state index in [1.54, 1.807) is 30.7 Å². The van der Waals surface area contributed by atoms with Crippen molar-refractivity contribution in [2.24, 2.45) is 0 Å². The summed E-state index contributed by atoms with van der Waals surface area (Å²) in [5.41, 5.74) is 3.17. The molecule has 10 heteroatoms. The predicted octanol–water partition coefficient (Wildman–Crippen LogP) is 4.30. The third-order valence-electron chi connectivity index (χ3n) is 6.90. The van der Waals surface area contributed by atoms with E-state index < -0.39 is 5.56 Å². The highest BCUT2D eigenvalue weighted by atomic mass is 19.1. The predicted molar refractivity (Wildman–Crippen MR) is 150 cm³/mol. The molecule has 3 aromatic heterocycles. The number of benzene rings is 1. The van der Waals surface area contributed by atoms with Gasteiger partial charge in [-0.05, 0) is 60.2 Å². The molecule has 9 nitrogen and oxygen atoms in total. The van der Waals surface area contributed by atoms with Crippen molar-refractivity contribution < 1.29 is 4.39 Å². The average Bonchev–Trinajstić information content (AvgIpc) is 3.82. The van der Waals surface area contributed by atoms with Gasteiger partial charge in [0, 0.05) is 55.8 Å². The van der Waals surface area contributed by atoms with Crippen LogP contribution in [0.4, 0.5) is 21.7 Å². The van der Waals surface area contributed by atoms with E-state index in [2.05, 4.69) is 25.6 Å². The van der Waals surface area contributed by atoms with Gasteiger partial charge in [0.1, 0.15) is 23.1 Å². The summed E-state index contributed by atoms with van der Waals surface area (Å²) in [6.45, 7) is 7.38. The van der Waals surface area contributed by atoms with Gasteiger partial charge in [0.15, 0.2) is 0 Å². The quantitative estimate of drug-likeness (QED) is 0.383. The zero-order chi connectivity index (χ0) is 27.4. The van der Waals surface area contributed by atoms with Gasteiger partial charge in [-0.2, -0.15) is 10.2 Å². The molecule has 6 rings (SSSR count). The summed E-state index contributed by atoms with van der Waals surface area (Å²) < 4.78 is 16.4. The number of aromatic nitrogens is 4. The van der Waals surface area contributed by atoms with Crippen LogP contribution in [0, 0.1) is 17.1 Å². The Kier molecular flexibility index (Phi) is 7.79. The highest BCUT2D eigenvalue weighted by Crippen LogP contribution is 2.41. The van der Waals surface area contributed by atoms with E-state index in [-0.39, 0.29) is 23.9 Å². The molecule has 200 valence electrons. The molecule has 1 aliphatic heterocycles. The Labute approximate surface area is 226 Å². The fourth-order valence-electron chi connectivity index (χ4n) is 4.85. The van der Waals surface area contributed by atoms with Crippen molar-refractivity contribution in [1.29, 1.82) is 5.26 Å². The van der Waals surface area contributed by atoms with Gasteiger partial charge < -0.3 is 15.5 Å². The number of hydrogen-bond acceptors (Lipinski definition) is 8. The lowest BCUT2D eigenvalue weighted by molar-refractivity contribution is 0.566. The lowest BCUT2D eigenvalue weighted by Gasteiger charge is -2.29. The van der Waals surface area contributed by atoms with Gasteiger partial charge in [-0.3, -0.25) is 14.3 Å². The van der Waals surface area contributed by atoms with E-state index >= 15 is 0 Å². The Bertz CT molecular complexity index is 1590. The Morgan fingerprint density at radius 1 is 1.15 bits per heavy atom. The lowest BCUT2D eigenvalue weighted by atomic mass is 10.1. The fraction of sp³-hybridized carbons (Fsp3) is 0.345. The van der Waals surface area contributed by atoms with Crippen molar-refractivity contribution in [3.05, 3.63) is 81.8 Å². The van der Waals surface area contributed by atoms with Gasteiger partial charge in [0.25, 0.3) is 5.56 Å². The van der Waals surface area contributed by atoms with Gasteiger partial charge in [0.05, 0.1) is 12.2 Å². The molecule has 0 amide bonds. The molecule has 0 radical (unpaired) electrons. The second-order valence-electron chi connectivity index (χ2n) is 9.41. The summed E-state index contributed by atoms with van der Waals surface area (Å²) in [6, 6.07) is 10.5. The number of rotatable bonds is 6. The minimum Gasteiger partial charge on any atom is -0.367 e. The molecule has 1 saturated carbocycles. The molecule has 1 aliphatic carbocycles. The number of nitrogens with zero attached hydrogens (tertiary/aromatic N) is 6. The summed E-state index contributed by atoms with van der Waals surface area (Å²) in [6.07, 6.45) is 7.34. The lowest BCUT2D eigenvalue weighted by Crippen LogP contribution is -2.43. The molecule has 1 aromatic carbocycles. The smallest absolute Gasteiger partial charge is 0.270 e. The highest BCUT2D eigenvalue weighted by molar-refractivity contribution is 5.77. The molecule has 1 saturated heterocycles. The summed E-state index contributed by atoms with van der Waals surface area (Å²) in [5.74, 6) is 0.380. The first-order valence-corrected chi connectivity index (χ1v) is 13.4. The Morgan fingerprint density at radius 2 is 1.95 bits per heavy atom. The number of pyridine rings is 2. The molecule has 2 N–H and O–H groups in total. The second-order valence-corrected chi connectivity index (χ2v) is 9.41. The first-order chi connectivity index (χ1) is 19.1. The van der Waals surface area contributed by atoms with Gasteiger partial charge in [-0.1, -0.05) is 13.8 Å². The van der Waals surface area contributed by atoms with Crippen LogP contribution in [0.5, 0.6) is 0 Å². The molecule has 2 aliphatic rings. The number of nitrogens with one attached hydrogen (secondary N) is 2. The molecular weight excluding hydrogens is 495 g/mol. The zero-order valence-electron chi connectivity index (χ0n) is 22.1. The van der Waals surface area contributed by atoms with Crippen LogP contribution in [0.15, 0.2) is 53.7 Å². The van der Waals surface area contributed by atoms with Crippen molar-refractivity contribution >= 4 is 28.4 Å². The van der Waals surface area contributed by atoms with Crippen molar-refractivity contribution in [3.8, 4) is 6.07 Å². The maximum Gasteiger partial charge on any atom is 0.270 e. The van der Waals surface area contributed by atoms with Crippen molar-refractivity contribution in [2.45, 2.75) is 39.2 Å². The molecule has 4 heterocycles. The van der Waals surface area contributed by atoms with Crippen molar-refractivity contribution in [1.82, 2.24) is 24.8 Å². The third kappa shape index (κ3) is 5.59. The maximum absolute atomic E-state index is 14.9. The van der Waals surface area contributed by atoms with Crippen LogP contribution in [-0.2, 0) is 6.54 Å². The van der Waals surface area contributed by atoms with Crippen molar-refractivity contribution in [3.63, 3.8) is 0 Å². The monoisotopic (exact) mass is 526 g/mol. The van der Waals surface area contributed by atoms with Crippen LogP contribution in [0.2, 0.25) is 0 Å². The molecule has 0 unspecified atom stereocenters. The van der Waals surface area contributed by atoms with Crippen LogP contribution in [0.1, 0.15) is 49.3 Å². The highest BCUT2D eigenvalue weighted by Gasteiger charge is 2.26. The largest absolute Gasteiger partial charge is 0.367 e. The van der Waals surface area contributed by atoms with E-state index in [9.17, 15) is 14.4 Å². The van der Waals surface area contributed by atoms with Gasteiger partial charge in [-0.15, -0.1) is 0 Å². The van der Waals surface area contributed by atoms with Crippen LogP contribution < -0.4 is 21.1 Å². The number of nitriles is 1. The third-order valence-corrected chi connectivity index (χ3v) is 6.90. The Morgan fingerprint density at radius 3 is 2.67 bits per heavy atom. The van der Waals surface area contributed by atoms with Gasteiger partial charge >= 0.3 is 0 Å². The van der Waals surface area contributed by atoms with E-state index in [4.69, 9.17) is 0 Å². The second kappa shape index (κ2) is 11.6. The number of piperazine rings is 1. The summed E-state index contributed by atoms with van der Waals surface area (Å²) in [5, 5.41) is 16.4. The van der Waals surface area contributed by atoms with Gasteiger partial charge in [0.2, 0.25) is 5.95 Å². The standard InChI is InChI=1S/C27H25FN8O.C2H6/c28-23-12-21(3-4-24(23)35-9-7-30-8-10-35)33-27-32-15-19-11-18(13-29)26(37)36(25(19)34-27)16-20-14-31-6-5-22(20)17-1-2-17;1-2/h3-6,11-12,14-15,17,30H,1-2,7-10,16H2,(H,32,33,34);1-2H3. The first-order valence-electron chi connectivity index (χ1n) is 13.4. The molecule has 2 fully saturated rings. The topological polar surface area (TPSA) is 112 Å². The Hall–Kier alpha value is -4.36. The molecule has 0 bridgehead atoms. The van der Waals surface area contributed by atoms with E-state index in [0.29, 0.717) is 28.3 Å². The fourth-order valence-corrected chi connectivity index (χ4v) is 4.85. The molecular formula is C29H31FN8O. The first kappa shape index (κ1) is 26.3. The van der Waals surface area contributed by atoms with E-state index in [1.807, 2.05) is 30.9 Å².